The van der Waals surface area contributed by atoms with Gasteiger partial charge in [0, 0.05) is 9.85 Å². The van der Waals surface area contributed by atoms with Crippen molar-refractivity contribution in [1.29, 1.82) is 0 Å². The molecule has 0 radical (unpaired) electrons. The number of rotatable bonds is 4. The summed E-state index contributed by atoms with van der Waals surface area (Å²) in [6.45, 7) is 2.20. The quantitative estimate of drug-likeness (QED) is 0.703. The van der Waals surface area contributed by atoms with E-state index in [4.69, 9.17) is 11.6 Å². The van der Waals surface area contributed by atoms with Gasteiger partial charge in [0.25, 0.3) is 0 Å². The summed E-state index contributed by atoms with van der Waals surface area (Å²) >= 11 is 9.70. The smallest absolute Gasteiger partial charge is 0.0438 e. The topological polar surface area (TPSA) is 0 Å². The maximum Gasteiger partial charge on any atom is 0.0438 e. The molecule has 72 valence electrons. The second kappa shape index (κ2) is 5.66. The number of benzene rings is 1. The molecule has 1 aromatic carbocycles. The summed E-state index contributed by atoms with van der Waals surface area (Å²) in [7, 11) is 0. The first-order chi connectivity index (χ1) is 6.24. The van der Waals surface area contributed by atoms with Crippen molar-refractivity contribution in [1.82, 2.24) is 0 Å². The Morgan fingerprint density at radius 2 is 2.08 bits per heavy atom. The van der Waals surface area contributed by atoms with E-state index in [1.165, 1.54) is 18.4 Å². The van der Waals surface area contributed by atoms with E-state index in [0.717, 1.165) is 11.4 Å². The van der Waals surface area contributed by atoms with Crippen molar-refractivity contribution in [3.05, 3.63) is 34.9 Å². The lowest BCUT2D eigenvalue weighted by atomic mass is 10.1. The number of halogens is 2. The fourth-order valence-electron chi connectivity index (χ4n) is 1.32. The second-order valence-electron chi connectivity index (χ2n) is 3.18. The van der Waals surface area contributed by atoms with Crippen molar-refractivity contribution in [2.75, 3.05) is 0 Å². The predicted octanol–water partition coefficient (Wildman–Crippen LogP) is 4.45. The highest BCUT2D eigenvalue weighted by atomic mass is 79.9. The fourth-order valence-corrected chi connectivity index (χ4v) is 2.34. The summed E-state index contributed by atoms with van der Waals surface area (Å²) < 4.78 is 0. The zero-order valence-electron chi connectivity index (χ0n) is 7.76. The summed E-state index contributed by atoms with van der Waals surface area (Å²) in [6.07, 6.45) is 3.43. The van der Waals surface area contributed by atoms with Gasteiger partial charge < -0.3 is 0 Å². The molecule has 0 heterocycles. The molecular formula is C11H14BrCl. The van der Waals surface area contributed by atoms with Gasteiger partial charge in [0.1, 0.15) is 0 Å². The van der Waals surface area contributed by atoms with Gasteiger partial charge in [-0.25, -0.2) is 0 Å². The van der Waals surface area contributed by atoms with E-state index in [-0.39, 0.29) is 0 Å². The Labute approximate surface area is 93.4 Å². The zero-order chi connectivity index (χ0) is 9.68. The first kappa shape index (κ1) is 11.1. The van der Waals surface area contributed by atoms with Gasteiger partial charge in [0.2, 0.25) is 0 Å². The summed E-state index contributed by atoms with van der Waals surface area (Å²) in [5.41, 5.74) is 1.24. The molecule has 0 bridgehead atoms. The van der Waals surface area contributed by atoms with Crippen LogP contribution in [0.25, 0.3) is 0 Å². The van der Waals surface area contributed by atoms with Crippen molar-refractivity contribution in [2.24, 2.45) is 0 Å². The van der Waals surface area contributed by atoms with Crippen LogP contribution in [0.15, 0.2) is 24.3 Å². The molecule has 0 N–H and O–H groups in total. The lowest BCUT2D eigenvalue weighted by Crippen LogP contribution is -2.02. The van der Waals surface area contributed by atoms with Gasteiger partial charge in [-0.15, -0.1) is 0 Å². The van der Waals surface area contributed by atoms with Gasteiger partial charge in [-0.3, -0.25) is 0 Å². The van der Waals surface area contributed by atoms with E-state index < -0.39 is 0 Å². The van der Waals surface area contributed by atoms with Crippen LogP contribution in [-0.2, 0) is 6.42 Å². The monoisotopic (exact) mass is 260 g/mol. The molecule has 0 aromatic heterocycles. The fraction of sp³-hybridized carbons (Fsp3) is 0.455. The molecule has 1 aromatic rings. The molecule has 0 aliphatic carbocycles. The molecule has 0 aliphatic rings. The SMILES string of the molecule is CCCC(Br)Cc1ccccc1Cl. The van der Waals surface area contributed by atoms with Crippen molar-refractivity contribution in [3.63, 3.8) is 0 Å². The maximum atomic E-state index is 6.05. The van der Waals surface area contributed by atoms with E-state index in [1.807, 2.05) is 18.2 Å². The predicted molar refractivity (Wildman–Crippen MR) is 62.8 cm³/mol. The zero-order valence-corrected chi connectivity index (χ0v) is 10.1. The number of alkyl halides is 1. The van der Waals surface area contributed by atoms with Crippen LogP contribution in [0, 0.1) is 0 Å². The lowest BCUT2D eigenvalue weighted by molar-refractivity contribution is 0.745. The van der Waals surface area contributed by atoms with E-state index >= 15 is 0 Å². The van der Waals surface area contributed by atoms with Gasteiger partial charge >= 0.3 is 0 Å². The minimum absolute atomic E-state index is 0.553. The standard InChI is InChI=1S/C11H14BrCl/c1-2-5-10(12)8-9-6-3-4-7-11(9)13/h3-4,6-7,10H,2,5,8H2,1H3. The lowest BCUT2D eigenvalue weighted by Gasteiger charge is -2.09. The van der Waals surface area contributed by atoms with Gasteiger partial charge in [-0.2, -0.15) is 0 Å². The van der Waals surface area contributed by atoms with Gasteiger partial charge in [0.15, 0.2) is 0 Å². The van der Waals surface area contributed by atoms with Crippen LogP contribution in [-0.4, -0.2) is 4.83 Å². The molecule has 2 heteroatoms. The van der Waals surface area contributed by atoms with E-state index in [2.05, 4.69) is 28.9 Å². The summed E-state index contributed by atoms with van der Waals surface area (Å²) in [4.78, 5) is 0.553. The molecule has 0 aliphatic heterocycles. The van der Waals surface area contributed by atoms with Crippen LogP contribution in [0.2, 0.25) is 5.02 Å². The molecule has 1 rings (SSSR count). The molecule has 0 saturated carbocycles. The third-order valence-corrected chi connectivity index (χ3v) is 3.15. The molecule has 1 unspecified atom stereocenters. The normalized spacial score (nSPS) is 12.8. The molecule has 1 atom stereocenters. The van der Waals surface area contributed by atoms with Crippen LogP contribution >= 0.6 is 27.5 Å². The Bertz CT molecular complexity index is 260. The second-order valence-corrected chi connectivity index (χ2v) is 4.88. The Balaban J connectivity index is 2.58. The van der Waals surface area contributed by atoms with Crippen molar-refractivity contribution >= 4 is 27.5 Å². The molecular weight excluding hydrogens is 247 g/mol. The van der Waals surface area contributed by atoms with Gasteiger partial charge in [0.05, 0.1) is 0 Å². The first-order valence-corrected chi connectivity index (χ1v) is 5.91. The summed E-state index contributed by atoms with van der Waals surface area (Å²) in [5.74, 6) is 0. The average molecular weight is 262 g/mol. The Morgan fingerprint density at radius 3 is 2.69 bits per heavy atom. The highest BCUT2D eigenvalue weighted by molar-refractivity contribution is 9.09. The van der Waals surface area contributed by atoms with E-state index in [9.17, 15) is 0 Å². The highest BCUT2D eigenvalue weighted by Crippen LogP contribution is 2.21. The number of hydrogen-bond donors (Lipinski definition) is 0. The largest absolute Gasteiger partial charge is 0.0887 e. The van der Waals surface area contributed by atoms with Crippen molar-refractivity contribution < 1.29 is 0 Å². The number of hydrogen-bond acceptors (Lipinski definition) is 0. The van der Waals surface area contributed by atoms with Crippen LogP contribution in [0.3, 0.4) is 0 Å². The van der Waals surface area contributed by atoms with Gasteiger partial charge in [-0.1, -0.05) is 59.1 Å². The van der Waals surface area contributed by atoms with Crippen molar-refractivity contribution in [2.45, 2.75) is 31.0 Å². The van der Waals surface area contributed by atoms with Crippen LogP contribution in [0.5, 0.6) is 0 Å². The van der Waals surface area contributed by atoms with Crippen LogP contribution < -0.4 is 0 Å². The van der Waals surface area contributed by atoms with E-state index in [0.29, 0.717) is 4.83 Å². The first-order valence-electron chi connectivity index (χ1n) is 4.61. The van der Waals surface area contributed by atoms with E-state index in [1.54, 1.807) is 0 Å². The van der Waals surface area contributed by atoms with Crippen LogP contribution in [0.4, 0.5) is 0 Å². The third kappa shape index (κ3) is 3.70. The van der Waals surface area contributed by atoms with Crippen molar-refractivity contribution in [3.8, 4) is 0 Å². The Morgan fingerprint density at radius 1 is 1.38 bits per heavy atom. The van der Waals surface area contributed by atoms with Gasteiger partial charge in [-0.05, 0) is 24.5 Å². The molecule has 0 nitrogen and oxygen atoms in total. The highest BCUT2D eigenvalue weighted by Gasteiger charge is 2.06. The Hall–Kier alpha value is -0.0100. The minimum Gasteiger partial charge on any atom is -0.0887 e. The van der Waals surface area contributed by atoms with Crippen LogP contribution in [0.1, 0.15) is 25.3 Å². The molecule has 0 fully saturated rings. The molecule has 0 spiro atoms. The average Bonchev–Trinajstić information content (AvgIpc) is 2.09. The molecule has 13 heavy (non-hydrogen) atoms. The maximum absolute atomic E-state index is 6.05. The summed E-state index contributed by atoms with van der Waals surface area (Å²) in [5, 5.41) is 0.878. The minimum atomic E-state index is 0.553. The Kier molecular flexibility index (Phi) is 4.82. The third-order valence-electron chi connectivity index (χ3n) is 2.00. The molecule has 0 amide bonds. The summed E-state index contributed by atoms with van der Waals surface area (Å²) in [6, 6.07) is 8.04. The molecule has 0 saturated heterocycles.